The number of nitrogens with zero attached hydrogens (tertiary/aromatic N) is 1. The molecular weight excluding hydrogens is 177 g/mol. The fourth-order valence-electron chi connectivity index (χ4n) is 1.40. The molecule has 0 aromatic rings. The lowest BCUT2D eigenvalue weighted by atomic mass is 9.96. The molecular formula is C12H24FN. The number of hydrogen-bond acceptors (Lipinski definition) is 1. The molecule has 0 radical (unpaired) electrons. The summed E-state index contributed by atoms with van der Waals surface area (Å²) in [5.41, 5.74) is 1.64. The molecule has 14 heavy (non-hydrogen) atoms. The van der Waals surface area contributed by atoms with Crippen LogP contribution in [0.15, 0.2) is 16.4 Å². The smallest absolute Gasteiger partial charge is 0.102 e. The van der Waals surface area contributed by atoms with Crippen LogP contribution in [0.3, 0.4) is 0 Å². The monoisotopic (exact) mass is 201 g/mol. The minimum Gasteiger partial charge on any atom is -0.293 e. The van der Waals surface area contributed by atoms with E-state index in [2.05, 4.69) is 4.99 Å². The maximum Gasteiger partial charge on any atom is 0.102 e. The van der Waals surface area contributed by atoms with Gasteiger partial charge in [-0.25, -0.2) is 4.39 Å². The minimum atomic E-state index is -0.104. The molecule has 1 nitrogen and oxygen atoms in total. The third-order valence-electron chi connectivity index (χ3n) is 1.86. The summed E-state index contributed by atoms with van der Waals surface area (Å²) >= 11 is 0. The van der Waals surface area contributed by atoms with Crippen molar-refractivity contribution in [3.63, 3.8) is 0 Å². The van der Waals surface area contributed by atoms with Crippen LogP contribution >= 0.6 is 0 Å². The van der Waals surface area contributed by atoms with Gasteiger partial charge < -0.3 is 0 Å². The van der Waals surface area contributed by atoms with Crippen LogP contribution in [0.1, 0.15) is 48.0 Å². The van der Waals surface area contributed by atoms with Crippen LogP contribution in [0.2, 0.25) is 0 Å². The van der Waals surface area contributed by atoms with Crippen molar-refractivity contribution in [3.8, 4) is 0 Å². The zero-order valence-corrected chi connectivity index (χ0v) is 10.6. The molecule has 84 valence electrons. The van der Waals surface area contributed by atoms with E-state index in [1.807, 2.05) is 34.6 Å². The third kappa shape index (κ3) is 5.15. The van der Waals surface area contributed by atoms with Crippen LogP contribution in [-0.2, 0) is 0 Å². The molecule has 0 aromatic carbocycles. The van der Waals surface area contributed by atoms with Crippen molar-refractivity contribution >= 4 is 5.71 Å². The normalized spacial score (nSPS) is 13.4. The highest BCUT2D eigenvalue weighted by atomic mass is 19.1. The lowest BCUT2D eigenvalue weighted by Crippen LogP contribution is -2.09. The molecule has 0 atom stereocenters. The second-order valence-electron chi connectivity index (χ2n) is 3.13. The Morgan fingerprint density at radius 1 is 1.29 bits per heavy atom. The maximum absolute atomic E-state index is 13.0. The Hall–Kier alpha value is -0.660. The highest BCUT2D eigenvalue weighted by Gasteiger charge is 2.12. The van der Waals surface area contributed by atoms with Crippen molar-refractivity contribution in [1.82, 2.24) is 0 Å². The summed E-state index contributed by atoms with van der Waals surface area (Å²) in [6.07, 6.45) is 0.797. The second-order valence-corrected chi connectivity index (χ2v) is 3.13. The van der Waals surface area contributed by atoms with E-state index in [4.69, 9.17) is 0 Å². The van der Waals surface area contributed by atoms with Gasteiger partial charge in [0.25, 0.3) is 0 Å². The van der Waals surface area contributed by atoms with E-state index in [-0.39, 0.29) is 11.7 Å². The number of halogens is 1. The summed E-state index contributed by atoms with van der Waals surface area (Å²) in [6.45, 7) is 11.5. The SMILES string of the molecule is CC.CCC(=NC)/C(=C(\C)F)C(C)C. The van der Waals surface area contributed by atoms with E-state index >= 15 is 0 Å². The van der Waals surface area contributed by atoms with Gasteiger partial charge in [0.2, 0.25) is 0 Å². The first-order valence-electron chi connectivity index (χ1n) is 5.36. The van der Waals surface area contributed by atoms with Crippen LogP contribution in [0, 0.1) is 5.92 Å². The molecule has 0 amide bonds. The van der Waals surface area contributed by atoms with Gasteiger partial charge in [0, 0.05) is 18.3 Å². The molecule has 0 aliphatic heterocycles. The summed E-state index contributed by atoms with van der Waals surface area (Å²) < 4.78 is 13.0. The van der Waals surface area contributed by atoms with Gasteiger partial charge >= 0.3 is 0 Å². The summed E-state index contributed by atoms with van der Waals surface area (Å²) in [4.78, 5) is 4.07. The van der Waals surface area contributed by atoms with Gasteiger partial charge in [0.1, 0.15) is 5.83 Å². The predicted octanol–water partition coefficient (Wildman–Crippen LogP) is 4.39. The Balaban J connectivity index is 0. The van der Waals surface area contributed by atoms with Gasteiger partial charge in [-0.2, -0.15) is 0 Å². The van der Waals surface area contributed by atoms with Crippen molar-refractivity contribution in [2.24, 2.45) is 10.9 Å². The zero-order chi connectivity index (χ0) is 11.7. The Morgan fingerprint density at radius 3 is 1.79 bits per heavy atom. The van der Waals surface area contributed by atoms with Gasteiger partial charge in [0.15, 0.2) is 0 Å². The van der Waals surface area contributed by atoms with Gasteiger partial charge in [-0.15, -0.1) is 0 Å². The Morgan fingerprint density at radius 2 is 1.71 bits per heavy atom. The van der Waals surface area contributed by atoms with Crippen LogP contribution in [0.4, 0.5) is 4.39 Å². The lowest BCUT2D eigenvalue weighted by Gasteiger charge is -2.12. The molecule has 0 aromatic heterocycles. The van der Waals surface area contributed by atoms with Crippen LogP contribution in [0.25, 0.3) is 0 Å². The Labute approximate surface area is 88.1 Å². The maximum atomic E-state index is 13.0. The molecule has 0 rings (SSSR count). The number of rotatable bonds is 3. The van der Waals surface area contributed by atoms with Gasteiger partial charge in [0.05, 0.1) is 0 Å². The fourth-order valence-corrected chi connectivity index (χ4v) is 1.40. The molecule has 2 heteroatoms. The molecule has 0 aliphatic rings. The first kappa shape index (κ1) is 15.8. The zero-order valence-electron chi connectivity index (χ0n) is 10.6. The van der Waals surface area contributed by atoms with Crippen LogP contribution in [0.5, 0.6) is 0 Å². The largest absolute Gasteiger partial charge is 0.293 e. The lowest BCUT2D eigenvalue weighted by molar-refractivity contribution is 0.608. The average molecular weight is 201 g/mol. The van der Waals surface area contributed by atoms with E-state index in [0.717, 1.165) is 17.7 Å². The van der Waals surface area contributed by atoms with E-state index in [1.54, 1.807) is 7.05 Å². The first-order valence-corrected chi connectivity index (χ1v) is 5.36. The second kappa shape index (κ2) is 8.92. The van der Waals surface area contributed by atoms with Crippen LogP contribution < -0.4 is 0 Å². The highest BCUT2D eigenvalue weighted by molar-refractivity contribution is 6.00. The standard InChI is InChI=1S/C10H18FN.C2H6/c1-6-9(12-5)10(7(2)3)8(4)11;1-2/h7H,6H2,1-5H3;1-2H3/b10-8+,12-9?;. The predicted molar refractivity (Wildman–Crippen MR) is 63.6 cm³/mol. The average Bonchev–Trinajstić information content (AvgIpc) is 2.15. The summed E-state index contributed by atoms with van der Waals surface area (Å²) in [5.74, 6) is 0.112. The van der Waals surface area contributed by atoms with Gasteiger partial charge in [-0.05, 0) is 19.3 Å². The van der Waals surface area contributed by atoms with E-state index < -0.39 is 0 Å². The quantitative estimate of drug-likeness (QED) is 0.600. The van der Waals surface area contributed by atoms with Crippen molar-refractivity contribution in [2.45, 2.75) is 48.0 Å². The van der Waals surface area contributed by atoms with E-state index in [0.29, 0.717) is 0 Å². The molecule has 0 heterocycles. The molecule has 0 fully saturated rings. The number of aliphatic imine (C=N–C) groups is 1. The van der Waals surface area contributed by atoms with Gasteiger partial charge in [-0.1, -0.05) is 34.6 Å². The molecule has 0 N–H and O–H groups in total. The third-order valence-corrected chi connectivity index (χ3v) is 1.86. The molecule has 0 saturated heterocycles. The number of allylic oxidation sites excluding steroid dienone is 2. The van der Waals surface area contributed by atoms with Crippen molar-refractivity contribution in [3.05, 3.63) is 11.4 Å². The molecule has 0 saturated carbocycles. The van der Waals surface area contributed by atoms with Crippen LogP contribution in [-0.4, -0.2) is 12.8 Å². The summed E-state index contributed by atoms with van der Waals surface area (Å²) in [5, 5.41) is 0. The first-order chi connectivity index (χ1) is 6.54. The molecule has 0 unspecified atom stereocenters. The number of hydrogen-bond donors (Lipinski definition) is 0. The van der Waals surface area contributed by atoms with E-state index in [1.165, 1.54) is 6.92 Å². The topological polar surface area (TPSA) is 12.4 Å². The molecule has 0 aliphatic carbocycles. The van der Waals surface area contributed by atoms with Crippen molar-refractivity contribution < 1.29 is 4.39 Å². The Bertz CT molecular complexity index is 198. The minimum absolute atomic E-state index is 0.104. The van der Waals surface area contributed by atoms with E-state index in [9.17, 15) is 4.39 Å². The van der Waals surface area contributed by atoms with Crippen molar-refractivity contribution in [1.29, 1.82) is 0 Å². The molecule has 0 spiro atoms. The highest BCUT2D eigenvalue weighted by Crippen LogP contribution is 2.19. The molecule has 0 bridgehead atoms. The summed E-state index contributed by atoms with van der Waals surface area (Å²) in [6, 6.07) is 0. The Kier molecular flexibility index (Phi) is 10.1. The van der Waals surface area contributed by atoms with Gasteiger partial charge in [-0.3, -0.25) is 4.99 Å². The summed E-state index contributed by atoms with van der Waals surface area (Å²) in [7, 11) is 1.71. The fraction of sp³-hybridized carbons (Fsp3) is 0.750. The van der Waals surface area contributed by atoms with Crippen molar-refractivity contribution in [2.75, 3.05) is 7.05 Å².